The molecule has 0 saturated heterocycles. The summed E-state index contributed by atoms with van der Waals surface area (Å²) < 4.78 is 24.0. The smallest absolute Gasteiger partial charge is 0.265 e. The van der Waals surface area contributed by atoms with Gasteiger partial charge in [-0.15, -0.1) is 0 Å². The van der Waals surface area contributed by atoms with Gasteiger partial charge in [0.25, 0.3) is 5.91 Å². The molecular weight excluding hydrogens is 359 g/mol. The van der Waals surface area contributed by atoms with Crippen LogP contribution in [0.4, 0.5) is 10.1 Å². The highest BCUT2D eigenvalue weighted by molar-refractivity contribution is 6.32. The Morgan fingerprint density at radius 3 is 2.69 bits per heavy atom. The number of hydrogen-bond acceptors (Lipinski definition) is 4. The Bertz CT molecular complexity index is 928. The van der Waals surface area contributed by atoms with E-state index in [1.165, 1.54) is 12.1 Å². The molecule has 1 heterocycles. The fourth-order valence-electron chi connectivity index (χ4n) is 2.34. The largest absolute Gasteiger partial charge is 0.479 e. The predicted octanol–water partition coefficient (Wildman–Crippen LogP) is 4.85. The Morgan fingerprint density at radius 1 is 1.27 bits per heavy atom. The van der Waals surface area contributed by atoms with Crippen LogP contribution in [0.25, 0.3) is 11.3 Å². The molecule has 0 bridgehead atoms. The number of benzene rings is 2. The normalized spacial score (nSPS) is 11.8. The minimum Gasteiger partial charge on any atom is -0.479 e. The van der Waals surface area contributed by atoms with Gasteiger partial charge in [0.2, 0.25) is 0 Å². The summed E-state index contributed by atoms with van der Waals surface area (Å²) >= 11 is 5.93. The molecule has 5 nitrogen and oxygen atoms in total. The molecule has 3 aromatic rings. The quantitative estimate of drug-likeness (QED) is 0.693. The third-order valence-corrected chi connectivity index (χ3v) is 4.01. The number of ether oxygens (including phenoxy) is 1. The lowest BCUT2D eigenvalue weighted by Crippen LogP contribution is -2.30. The number of rotatable bonds is 5. The molecule has 134 valence electrons. The van der Waals surface area contributed by atoms with Crippen LogP contribution in [0.2, 0.25) is 5.02 Å². The molecule has 1 unspecified atom stereocenters. The number of anilines is 1. The molecule has 0 fully saturated rings. The fourth-order valence-corrected chi connectivity index (χ4v) is 2.55. The van der Waals surface area contributed by atoms with E-state index in [4.69, 9.17) is 20.9 Å². The van der Waals surface area contributed by atoms with E-state index in [0.29, 0.717) is 17.1 Å². The number of aryl methyl sites for hydroxylation is 1. The number of nitrogens with one attached hydrogen (secondary N) is 1. The van der Waals surface area contributed by atoms with Crippen molar-refractivity contribution in [3.8, 4) is 17.1 Å². The van der Waals surface area contributed by atoms with Crippen molar-refractivity contribution in [1.29, 1.82) is 0 Å². The van der Waals surface area contributed by atoms with E-state index in [9.17, 15) is 9.18 Å². The minimum absolute atomic E-state index is 0.0933. The number of amides is 1. The molecule has 0 saturated carbocycles. The van der Waals surface area contributed by atoms with Crippen LogP contribution >= 0.6 is 11.6 Å². The summed E-state index contributed by atoms with van der Waals surface area (Å²) in [6.45, 7) is 3.30. The molecule has 1 amide bonds. The molecule has 7 heteroatoms. The second-order valence-corrected chi connectivity index (χ2v) is 6.07. The zero-order valence-electron chi connectivity index (χ0n) is 14.1. The van der Waals surface area contributed by atoms with E-state index in [-0.39, 0.29) is 10.8 Å². The van der Waals surface area contributed by atoms with E-state index in [2.05, 4.69) is 10.5 Å². The number of carbonyl (C=O) groups is 1. The minimum atomic E-state index is -0.865. The lowest BCUT2D eigenvalue weighted by Gasteiger charge is -2.15. The number of nitrogens with zero attached hydrogens (tertiary/aromatic N) is 1. The summed E-state index contributed by atoms with van der Waals surface area (Å²) in [5.41, 5.74) is 1.81. The summed E-state index contributed by atoms with van der Waals surface area (Å²) in [7, 11) is 0. The van der Waals surface area contributed by atoms with Gasteiger partial charge >= 0.3 is 0 Å². The van der Waals surface area contributed by atoms with Crippen molar-refractivity contribution in [3.05, 3.63) is 65.1 Å². The molecule has 0 aliphatic heterocycles. The zero-order valence-corrected chi connectivity index (χ0v) is 14.9. The maximum Gasteiger partial charge on any atom is 0.265 e. The molecule has 1 atom stereocenters. The predicted molar refractivity (Wildman–Crippen MR) is 96.8 cm³/mol. The van der Waals surface area contributed by atoms with Crippen molar-refractivity contribution in [2.75, 3.05) is 5.32 Å². The van der Waals surface area contributed by atoms with Crippen molar-refractivity contribution in [2.24, 2.45) is 0 Å². The molecule has 2 aromatic carbocycles. The Kier molecular flexibility index (Phi) is 5.23. The summed E-state index contributed by atoms with van der Waals surface area (Å²) in [4.78, 5) is 12.5. The highest BCUT2D eigenvalue weighted by atomic mass is 35.5. The first-order valence-corrected chi connectivity index (χ1v) is 8.27. The maximum atomic E-state index is 13.1. The van der Waals surface area contributed by atoms with Crippen LogP contribution in [-0.2, 0) is 4.79 Å². The van der Waals surface area contributed by atoms with Crippen LogP contribution in [0.1, 0.15) is 12.6 Å². The maximum absolute atomic E-state index is 13.1. The third kappa shape index (κ3) is 3.86. The molecule has 0 aliphatic carbocycles. The topological polar surface area (TPSA) is 64.4 Å². The Morgan fingerprint density at radius 2 is 2.00 bits per heavy atom. The van der Waals surface area contributed by atoms with Crippen LogP contribution in [0.3, 0.4) is 0 Å². The molecule has 26 heavy (non-hydrogen) atoms. The summed E-state index contributed by atoms with van der Waals surface area (Å²) in [5, 5.41) is 6.78. The average Bonchev–Trinajstić information content (AvgIpc) is 2.98. The Hall–Kier alpha value is -2.86. The Labute approximate surface area is 154 Å². The van der Waals surface area contributed by atoms with Gasteiger partial charge in [-0.3, -0.25) is 4.79 Å². The van der Waals surface area contributed by atoms with E-state index < -0.39 is 17.8 Å². The van der Waals surface area contributed by atoms with Gasteiger partial charge in [-0.05, 0) is 32.0 Å². The number of hydrogen-bond donors (Lipinski definition) is 1. The highest BCUT2D eigenvalue weighted by Crippen LogP contribution is 2.31. The molecule has 1 N–H and O–H groups in total. The third-order valence-electron chi connectivity index (χ3n) is 3.71. The summed E-state index contributed by atoms with van der Waals surface area (Å²) in [6, 6.07) is 13.0. The van der Waals surface area contributed by atoms with Crippen molar-refractivity contribution in [3.63, 3.8) is 0 Å². The van der Waals surface area contributed by atoms with Crippen molar-refractivity contribution in [1.82, 2.24) is 5.16 Å². The van der Waals surface area contributed by atoms with Gasteiger partial charge < -0.3 is 14.6 Å². The number of carbonyl (C=O) groups excluding carboxylic acids is 1. The van der Waals surface area contributed by atoms with Crippen LogP contribution in [-0.4, -0.2) is 17.2 Å². The molecule has 0 spiro atoms. The van der Waals surface area contributed by atoms with E-state index >= 15 is 0 Å². The van der Waals surface area contributed by atoms with Gasteiger partial charge in [-0.25, -0.2) is 4.39 Å². The van der Waals surface area contributed by atoms with Crippen LogP contribution in [0.15, 0.2) is 53.1 Å². The van der Waals surface area contributed by atoms with Crippen molar-refractivity contribution in [2.45, 2.75) is 20.0 Å². The van der Waals surface area contributed by atoms with E-state index in [1.54, 1.807) is 13.8 Å². The second kappa shape index (κ2) is 7.58. The monoisotopic (exact) mass is 374 g/mol. The van der Waals surface area contributed by atoms with Crippen LogP contribution in [0.5, 0.6) is 5.75 Å². The van der Waals surface area contributed by atoms with Crippen LogP contribution < -0.4 is 10.1 Å². The van der Waals surface area contributed by atoms with Gasteiger partial charge in [0, 0.05) is 5.56 Å². The average molecular weight is 375 g/mol. The van der Waals surface area contributed by atoms with E-state index in [1.807, 2.05) is 30.3 Å². The molecule has 0 radical (unpaired) electrons. The standard InChI is InChI=1S/C19H16ClFN2O3/c1-11-17(18(26-23-11)13-6-4-3-5-7-13)22-19(24)12(2)25-16-9-8-14(21)10-15(16)20/h3-10,12H,1-2H3,(H,22,24). The van der Waals surface area contributed by atoms with Gasteiger partial charge in [-0.1, -0.05) is 47.1 Å². The second-order valence-electron chi connectivity index (χ2n) is 5.66. The number of aromatic nitrogens is 1. The fraction of sp³-hybridized carbons (Fsp3) is 0.158. The van der Waals surface area contributed by atoms with E-state index in [0.717, 1.165) is 11.6 Å². The molecule has 0 aliphatic rings. The van der Waals surface area contributed by atoms with Gasteiger partial charge in [0.15, 0.2) is 11.9 Å². The van der Waals surface area contributed by atoms with Crippen LogP contribution in [0, 0.1) is 12.7 Å². The summed E-state index contributed by atoms with van der Waals surface area (Å²) in [6.07, 6.45) is -0.865. The first kappa shape index (κ1) is 17.9. The van der Waals surface area contributed by atoms with Gasteiger partial charge in [0.1, 0.15) is 22.9 Å². The van der Waals surface area contributed by atoms with Gasteiger partial charge in [-0.2, -0.15) is 0 Å². The lowest BCUT2D eigenvalue weighted by atomic mass is 10.1. The van der Waals surface area contributed by atoms with Crippen molar-refractivity contribution < 1.29 is 18.4 Å². The van der Waals surface area contributed by atoms with Gasteiger partial charge in [0.05, 0.1) is 5.02 Å². The first-order chi connectivity index (χ1) is 12.5. The van der Waals surface area contributed by atoms with Crippen molar-refractivity contribution >= 4 is 23.2 Å². The Balaban J connectivity index is 1.77. The zero-order chi connectivity index (χ0) is 18.7. The SMILES string of the molecule is Cc1noc(-c2ccccc2)c1NC(=O)C(C)Oc1ccc(F)cc1Cl. The molecular formula is C19H16ClFN2O3. The first-order valence-electron chi connectivity index (χ1n) is 7.90. The lowest BCUT2D eigenvalue weighted by molar-refractivity contribution is -0.122. The molecule has 1 aromatic heterocycles. The molecule has 3 rings (SSSR count). The summed E-state index contributed by atoms with van der Waals surface area (Å²) in [5.74, 6) is -0.203. The number of halogens is 2. The highest BCUT2D eigenvalue weighted by Gasteiger charge is 2.22.